The van der Waals surface area contributed by atoms with Crippen LogP contribution in [0.4, 0.5) is 5.69 Å². The molecule has 0 saturated carbocycles. The van der Waals surface area contributed by atoms with Crippen LogP contribution in [-0.4, -0.2) is 59.2 Å². The van der Waals surface area contributed by atoms with Gasteiger partial charge in [-0.25, -0.2) is 4.98 Å². The van der Waals surface area contributed by atoms with E-state index in [9.17, 15) is 9.90 Å². The Labute approximate surface area is 224 Å². The quantitative estimate of drug-likeness (QED) is 0.364. The molecule has 2 N–H and O–H groups in total. The molecular formula is C28H35N3O5S. The number of hydrogen-bond donors (Lipinski definition) is 2. The smallest absolute Gasteiger partial charge is 0.181 e. The number of aromatic nitrogens is 1. The zero-order valence-corrected chi connectivity index (χ0v) is 22.1. The Hall–Kier alpha value is -2.85. The van der Waals surface area contributed by atoms with Gasteiger partial charge in [0.25, 0.3) is 0 Å². The maximum Gasteiger partial charge on any atom is 0.181 e. The lowest BCUT2D eigenvalue weighted by Gasteiger charge is -2.31. The van der Waals surface area contributed by atoms with Gasteiger partial charge in [0.2, 0.25) is 0 Å². The molecule has 5 rings (SSSR count). The summed E-state index contributed by atoms with van der Waals surface area (Å²) in [5.41, 5.74) is 5.34. The van der Waals surface area contributed by atoms with E-state index in [2.05, 4.69) is 28.2 Å². The number of oxazole rings is 1. The fourth-order valence-electron chi connectivity index (χ4n) is 4.82. The SMILES string of the molecule is Cc1c(OCc2cnco2)ccc2c1CCN(C[C@@H](O)CCC(=O)c1cccc(NC3COC3)c1)C2.S. The van der Waals surface area contributed by atoms with Crippen molar-refractivity contribution in [2.45, 2.75) is 51.5 Å². The Kier molecular flexibility index (Phi) is 9.26. The fraction of sp³-hybridized carbons (Fsp3) is 0.429. The number of rotatable bonds is 11. The number of carbonyl (C=O) groups excluding carboxylic acids is 1. The van der Waals surface area contributed by atoms with E-state index in [1.165, 1.54) is 17.5 Å². The molecule has 0 aliphatic carbocycles. The molecule has 0 amide bonds. The van der Waals surface area contributed by atoms with Crippen molar-refractivity contribution in [1.29, 1.82) is 0 Å². The van der Waals surface area contributed by atoms with E-state index < -0.39 is 6.10 Å². The van der Waals surface area contributed by atoms with Crippen LogP contribution in [-0.2, 0) is 24.3 Å². The molecule has 1 atom stereocenters. The van der Waals surface area contributed by atoms with E-state index in [0.29, 0.717) is 56.6 Å². The Bertz CT molecular complexity index is 1180. The van der Waals surface area contributed by atoms with Crippen molar-refractivity contribution < 1.29 is 23.8 Å². The molecular weight excluding hydrogens is 490 g/mol. The molecule has 37 heavy (non-hydrogen) atoms. The molecule has 198 valence electrons. The largest absolute Gasteiger partial charge is 0.485 e. The topological polar surface area (TPSA) is 97.1 Å². The summed E-state index contributed by atoms with van der Waals surface area (Å²) < 4.78 is 16.4. The Balaban J connectivity index is 0.00000320. The predicted molar refractivity (Wildman–Crippen MR) is 146 cm³/mol. The summed E-state index contributed by atoms with van der Waals surface area (Å²) in [6.45, 7) is 6.04. The van der Waals surface area contributed by atoms with Gasteiger partial charge in [-0.1, -0.05) is 18.2 Å². The lowest BCUT2D eigenvalue weighted by molar-refractivity contribution is 0.0211. The number of Topliss-reactive ketones (excluding diaryl/α,β-unsaturated/α-hetero) is 1. The number of aliphatic hydroxyl groups excluding tert-OH is 1. The fourth-order valence-corrected chi connectivity index (χ4v) is 4.82. The van der Waals surface area contributed by atoms with Crippen LogP contribution in [0.3, 0.4) is 0 Å². The number of benzene rings is 2. The van der Waals surface area contributed by atoms with Crippen molar-refractivity contribution in [1.82, 2.24) is 9.88 Å². The van der Waals surface area contributed by atoms with Crippen LogP contribution in [0.2, 0.25) is 0 Å². The highest BCUT2D eigenvalue weighted by Gasteiger charge is 2.22. The van der Waals surface area contributed by atoms with Crippen LogP contribution in [0.1, 0.15) is 45.7 Å². The Morgan fingerprint density at radius 2 is 2.16 bits per heavy atom. The Morgan fingerprint density at radius 3 is 2.92 bits per heavy atom. The summed E-state index contributed by atoms with van der Waals surface area (Å²) >= 11 is 0. The average Bonchev–Trinajstić information content (AvgIpc) is 3.38. The highest BCUT2D eigenvalue weighted by atomic mass is 32.1. The number of carbonyl (C=O) groups is 1. The van der Waals surface area contributed by atoms with E-state index in [0.717, 1.165) is 36.5 Å². The highest BCUT2D eigenvalue weighted by molar-refractivity contribution is 7.59. The van der Waals surface area contributed by atoms with Crippen molar-refractivity contribution in [3.8, 4) is 5.75 Å². The van der Waals surface area contributed by atoms with Gasteiger partial charge in [-0.3, -0.25) is 9.69 Å². The van der Waals surface area contributed by atoms with Crippen molar-refractivity contribution in [3.63, 3.8) is 0 Å². The first kappa shape index (κ1) is 27.2. The standard InChI is InChI=1S/C28H33N3O5.H2S/c1-19-26-9-10-31(13-21(26)5-8-28(19)35-17-25-12-29-18-36-25)14-24(32)6-7-27(33)20-3-2-4-22(11-20)30-23-15-34-16-23;/h2-5,8,11-12,18,23-24,30,32H,6-7,9-10,13-17H2,1H3;1H2/t24-;/m0./s1. The number of hydrogen-bond acceptors (Lipinski definition) is 8. The molecule has 2 aromatic carbocycles. The van der Waals surface area contributed by atoms with E-state index in [1.807, 2.05) is 30.3 Å². The van der Waals surface area contributed by atoms with Gasteiger partial charge >= 0.3 is 0 Å². The molecule has 0 spiro atoms. The first-order chi connectivity index (χ1) is 17.5. The summed E-state index contributed by atoms with van der Waals surface area (Å²) in [6.07, 6.45) is 4.19. The van der Waals surface area contributed by atoms with Crippen LogP contribution in [0.25, 0.3) is 0 Å². The van der Waals surface area contributed by atoms with E-state index in [4.69, 9.17) is 13.9 Å². The number of anilines is 1. The summed E-state index contributed by atoms with van der Waals surface area (Å²) in [6, 6.07) is 12.0. The Morgan fingerprint density at radius 1 is 1.30 bits per heavy atom. The van der Waals surface area contributed by atoms with Gasteiger partial charge in [0.15, 0.2) is 17.9 Å². The number of ether oxygens (including phenoxy) is 2. The summed E-state index contributed by atoms with van der Waals surface area (Å²) in [5, 5.41) is 14.0. The molecule has 9 heteroatoms. The number of β-amino-alcohol motifs (C(OH)–C–C–N with tert-alkyl or cyclic N) is 1. The molecule has 2 aliphatic heterocycles. The molecule has 3 aromatic rings. The highest BCUT2D eigenvalue weighted by Crippen LogP contribution is 2.30. The van der Waals surface area contributed by atoms with Crippen LogP contribution < -0.4 is 10.1 Å². The minimum Gasteiger partial charge on any atom is -0.485 e. The van der Waals surface area contributed by atoms with Crippen LogP contribution in [0, 0.1) is 6.92 Å². The van der Waals surface area contributed by atoms with Crippen molar-refractivity contribution in [2.24, 2.45) is 0 Å². The van der Waals surface area contributed by atoms with E-state index >= 15 is 0 Å². The number of fused-ring (bicyclic) bond motifs is 1. The van der Waals surface area contributed by atoms with Crippen molar-refractivity contribution in [3.05, 3.63) is 77.0 Å². The molecule has 2 aliphatic rings. The summed E-state index contributed by atoms with van der Waals surface area (Å²) in [5.74, 6) is 1.61. The third kappa shape index (κ3) is 6.93. The molecule has 0 unspecified atom stereocenters. The lowest BCUT2D eigenvalue weighted by Crippen LogP contribution is -2.40. The zero-order chi connectivity index (χ0) is 24.9. The van der Waals surface area contributed by atoms with Gasteiger partial charge in [-0.05, 0) is 54.7 Å². The molecule has 1 aromatic heterocycles. The average molecular weight is 526 g/mol. The molecule has 3 heterocycles. The summed E-state index contributed by atoms with van der Waals surface area (Å²) in [4.78, 5) is 18.9. The van der Waals surface area contributed by atoms with Gasteiger partial charge in [0.05, 0.1) is 31.6 Å². The number of nitrogens with zero attached hydrogens (tertiary/aromatic N) is 2. The monoisotopic (exact) mass is 525 g/mol. The number of nitrogens with one attached hydrogen (secondary N) is 1. The van der Waals surface area contributed by atoms with Crippen molar-refractivity contribution in [2.75, 3.05) is 31.6 Å². The van der Waals surface area contributed by atoms with E-state index in [-0.39, 0.29) is 19.3 Å². The third-order valence-electron chi connectivity index (χ3n) is 6.94. The molecule has 0 radical (unpaired) electrons. The van der Waals surface area contributed by atoms with Gasteiger partial charge in [-0.2, -0.15) is 13.5 Å². The van der Waals surface area contributed by atoms with Gasteiger partial charge in [0, 0.05) is 37.3 Å². The maximum absolute atomic E-state index is 12.7. The van der Waals surface area contributed by atoms with Gasteiger partial charge < -0.3 is 24.3 Å². The second kappa shape index (κ2) is 12.6. The zero-order valence-electron chi connectivity index (χ0n) is 21.1. The van der Waals surface area contributed by atoms with Crippen LogP contribution in [0.15, 0.2) is 53.4 Å². The van der Waals surface area contributed by atoms with Gasteiger partial charge in [-0.15, -0.1) is 0 Å². The lowest BCUT2D eigenvalue weighted by atomic mass is 9.94. The van der Waals surface area contributed by atoms with Gasteiger partial charge in [0.1, 0.15) is 12.4 Å². The minimum atomic E-state index is -0.547. The minimum absolute atomic E-state index is 0. The first-order valence-corrected chi connectivity index (χ1v) is 12.5. The van der Waals surface area contributed by atoms with E-state index in [1.54, 1.807) is 6.20 Å². The van der Waals surface area contributed by atoms with Crippen LogP contribution >= 0.6 is 13.5 Å². The normalized spacial score (nSPS) is 16.3. The second-order valence-corrected chi connectivity index (χ2v) is 9.64. The number of aliphatic hydroxyl groups is 1. The molecule has 0 bridgehead atoms. The molecule has 1 fully saturated rings. The molecule has 1 saturated heterocycles. The van der Waals surface area contributed by atoms with Crippen molar-refractivity contribution >= 4 is 25.0 Å². The van der Waals surface area contributed by atoms with Crippen LogP contribution in [0.5, 0.6) is 5.75 Å². The second-order valence-electron chi connectivity index (χ2n) is 9.64. The molecule has 8 nitrogen and oxygen atoms in total. The first-order valence-electron chi connectivity index (χ1n) is 12.5. The number of ketones is 1. The summed E-state index contributed by atoms with van der Waals surface area (Å²) in [7, 11) is 0. The maximum atomic E-state index is 12.7. The third-order valence-corrected chi connectivity index (χ3v) is 6.94. The predicted octanol–water partition coefficient (Wildman–Crippen LogP) is 3.87.